The van der Waals surface area contributed by atoms with Crippen molar-refractivity contribution in [3.63, 3.8) is 0 Å². The third kappa shape index (κ3) is 4.22. The van der Waals surface area contributed by atoms with Gasteiger partial charge in [0.25, 0.3) is 0 Å². The van der Waals surface area contributed by atoms with Crippen molar-refractivity contribution in [1.82, 2.24) is 4.72 Å². The van der Waals surface area contributed by atoms with Crippen molar-refractivity contribution in [2.24, 2.45) is 5.41 Å². The summed E-state index contributed by atoms with van der Waals surface area (Å²) >= 11 is 0. The first-order valence-corrected chi connectivity index (χ1v) is 7.64. The molecule has 0 aliphatic carbocycles. The molecule has 0 radical (unpaired) electrons. The highest BCUT2D eigenvalue weighted by atomic mass is 32.2. The highest BCUT2D eigenvalue weighted by molar-refractivity contribution is 7.89. The summed E-state index contributed by atoms with van der Waals surface area (Å²) < 4.78 is 53.0. The van der Waals surface area contributed by atoms with Gasteiger partial charge in [0.05, 0.1) is 0 Å². The van der Waals surface area contributed by atoms with Crippen molar-refractivity contribution in [3.05, 3.63) is 29.8 Å². The van der Waals surface area contributed by atoms with Gasteiger partial charge in [0.15, 0.2) is 0 Å². The molecule has 20 heavy (non-hydrogen) atoms. The van der Waals surface area contributed by atoms with Crippen LogP contribution in [0.25, 0.3) is 0 Å². The maximum absolute atomic E-state index is 13.6. The van der Waals surface area contributed by atoms with Crippen molar-refractivity contribution in [2.75, 3.05) is 6.61 Å². The Kier molecular flexibility index (Phi) is 5.23. The summed E-state index contributed by atoms with van der Waals surface area (Å²) in [6.07, 6.45) is 0.200. The Bertz CT molecular complexity index is 567. The predicted molar refractivity (Wildman–Crippen MR) is 71.6 cm³/mol. The fraction of sp³-hybridized carbons (Fsp3) is 0.538. The van der Waals surface area contributed by atoms with Crippen molar-refractivity contribution in [1.29, 1.82) is 0 Å². The number of rotatable bonds is 5. The standard InChI is InChI=1S/C13H19F2NO3S/c1-13(2,3)12(6-7-17)16-20(18,19)11-5-4-9(14)8-10(11)15/h4-5,8,12,16-17H,6-7H2,1-3H3. The number of hydrogen-bond acceptors (Lipinski definition) is 3. The van der Waals surface area contributed by atoms with Gasteiger partial charge in [-0.3, -0.25) is 0 Å². The summed E-state index contributed by atoms with van der Waals surface area (Å²) in [5.41, 5.74) is -0.452. The second-order valence-electron chi connectivity index (χ2n) is 5.63. The molecular weight excluding hydrogens is 288 g/mol. The van der Waals surface area contributed by atoms with Gasteiger partial charge in [-0.25, -0.2) is 21.9 Å². The lowest BCUT2D eigenvalue weighted by atomic mass is 9.86. The number of halogens is 2. The largest absolute Gasteiger partial charge is 0.396 e. The molecule has 0 saturated heterocycles. The Hall–Kier alpha value is -1.05. The topological polar surface area (TPSA) is 66.4 Å². The van der Waals surface area contributed by atoms with Crippen LogP contribution in [0.2, 0.25) is 0 Å². The summed E-state index contributed by atoms with van der Waals surface area (Å²) in [6, 6.07) is 1.72. The van der Waals surface area contributed by atoms with Gasteiger partial charge in [-0.2, -0.15) is 0 Å². The summed E-state index contributed by atoms with van der Waals surface area (Å²) in [7, 11) is -4.12. The van der Waals surface area contributed by atoms with Crippen LogP contribution in [-0.4, -0.2) is 26.2 Å². The maximum atomic E-state index is 13.6. The van der Waals surface area contributed by atoms with Gasteiger partial charge >= 0.3 is 0 Å². The first-order chi connectivity index (χ1) is 9.08. The molecule has 1 aromatic rings. The third-order valence-corrected chi connectivity index (χ3v) is 4.45. The first kappa shape index (κ1) is 17.0. The van der Waals surface area contributed by atoms with Crippen LogP contribution < -0.4 is 4.72 Å². The third-order valence-electron chi connectivity index (χ3n) is 2.94. The smallest absolute Gasteiger partial charge is 0.243 e. The van der Waals surface area contributed by atoms with E-state index in [9.17, 15) is 17.2 Å². The van der Waals surface area contributed by atoms with Crippen LogP contribution in [0.1, 0.15) is 27.2 Å². The van der Waals surface area contributed by atoms with E-state index in [-0.39, 0.29) is 13.0 Å². The van der Waals surface area contributed by atoms with E-state index in [1.165, 1.54) is 0 Å². The van der Waals surface area contributed by atoms with Crippen LogP contribution in [0.15, 0.2) is 23.1 Å². The van der Waals surface area contributed by atoms with Crippen LogP contribution >= 0.6 is 0 Å². The molecule has 0 amide bonds. The number of hydrogen-bond donors (Lipinski definition) is 2. The van der Waals surface area contributed by atoms with Gasteiger partial charge in [-0.05, 0) is 24.0 Å². The summed E-state index contributed by atoms with van der Waals surface area (Å²) in [5.74, 6) is -1.99. The molecule has 4 nitrogen and oxygen atoms in total. The molecule has 1 atom stereocenters. The molecule has 1 rings (SSSR count). The average molecular weight is 307 g/mol. The molecule has 0 bridgehead atoms. The van der Waals surface area contributed by atoms with Crippen molar-refractivity contribution in [3.8, 4) is 0 Å². The van der Waals surface area contributed by atoms with Crippen LogP contribution in [0.5, 0.6) is 0 Å². The lowest BCUT2D eigenvalue weighted by molar-refractivity contribution is 0.214. The van der Waals surface area contributed by atoms with Gasteiger partial charge < -0.3 is 5.11 Å². The van der Waals surface area contributed by atoms with Gasteiger partial charge in [0.2, 0.25) is 10.0 Å². The van der Waals surface area contributed by atoms with Crippen molar-refractivity contribution in [2.45, 2.75) is 38.1 Å². The van der Waals surface area contributed by atoms with Crippen LogP contribution in [0.3, 0.4) is 0 Å². The Morgan fingerprint density at radius 2 is 1.90 bits per heavy atom. The minimum absolute atomic E-state index is 0.198. The summed E-state index contributed by atoms with van der Waals surface area (Å²) in [5, 5.41) is 9.00. The second kappa shape index (κ2) is 6.15. The highest BCUT2D eigenvalue weighted by Gasteiger charge is 2.30. The molecule has 114 valence electrons. The molecule has 1 unspecified atom stereocenters. The minimum atomic E-state index is -4.12. The number of benzene rings is 1. The van der Waals surface area contributed by atoms with E-state index in [1.807, 2.05) is 0 Å². The average Bonchev–Trinajstić information content (AvgIpc) is 2.26. The number of nitrogens with one attached hydrogen (secondary N) is 1. The van der Waals surface area contributed by atoms with Crippen LogP contribution in [0.4, 0.5) is 8.78 Å². The maximum Gasteiger partial charge on any atom is 0.243 e. The van der Waals surface area contributed by atoms with Crippen molar-refractivity contribution >= 4 is 10.0 Å². The molecule has 0 spiro atoms. The summed E-state index contributed by atoms with van der Waals surface area (Å²) in [4.78, 5) is -0.605. The number of sulfonamides is 1. The second-order valence-corrected chi connectivity index (χ2v) is 7.31. The number of aliphatic hydroxyl groups excluding tert-OH is 1. The zero-order chi connectivity index (χ0) is 15.6. The summed E-state index contributed by atoms with van der Waals surface area (Å²) in [6.45, 7) is 5.21. The van der Waals surface area contributed by atoms with Crippen LogP contribution in [0, 0.1) is 17.0 Å². The zero-order valence-corrected chi connectivity index (χ0v) is 12.5. The molecule has 1 aromatic carbocycles. The van der Waals surface area contributed by atoms with E-state index in [1.54, 1.807) is 20.8 Å². The first-order valence-electron chi connectivity index (χ1n) is 6.16. The molecular formula is C13H19F2NO3S. The lowest BCUT2D eigenvalue weighted by Gasteiger charge is -2.30. The van der Waals surface area contributed by atoms with Crippen molar-refractivity contribution < 1.29 is 22.3 Å². The van der Waals surface area contributed by atoms with Gasteiger partial charge in [-0.15, -0.1) is 0 Å². The predicted octanol–water partition coefficient (Wildman–Crippen LogP) is 2.04. The molecule has 0 fully saturated rings. The van der Waals surface area contributed by atoms with Crippen LogP contribution in [-0.2, 0) is 10.0 Å². The lowest BCUT2D eigenvalue weighted by Crippen LogP contribution is -2.44. The monoisotopic (exact) mass is 307 g/mol. The quantitative estimate of drug-likeness (QED) is 0.875. The van der Waals surface area contributed by atoms with E-state index in [0.29, 0.717) is 6.07 Å². The highest BCUT2D eigenvalue weighted by Crippen LogP contribution is 2.24. The molecule has 0 aliphatic rings. The fourth-order valence-electron chi connectivity index (χ4n) is 1.74. The van der Waals surface area contributed by atoms with E-state index < -0.39 is 38.0 Å². The Morgan fingerprint density at radius 1 is 1.30 bits per heavy atom. The fourth-order valence-corrected chi connectivity index (χ4v) is 3.28. The molecule has 0 aliphatic heterocycles. The van der Waals surface area contributed by atoms with E-state index >= 15 is 0 Å². The molecule has 0 saturated carbocycles. The van der Waals surface area contributed by atoms with E-state index in [2.05, 4.69) is 4.72 Å². The molecule has 7 heteroatoms. The Labute approximate surface area is 117 Å². The van der Waals surface area contributed by atoms with E-state index in [0.717, 1.165) is 12.1 Å². The Morgan fingerprint density at radius 3 is 2.35 bits per heavy atom. The van der Waals surface area contributed by atoms with Gasteiger partial charge in [0.1, 0.15) is 16.5 Å². The van der Waals surface area contributed by atoms with Gasteiger partial charge in [0, 0.05) is 18.7 Å². The molecule has 2 N–H and O–H groups in total. The van der Waals surface area contributed by atoms with E-state index in [4.69, 9.17) is 5.11 Å². The van der Waals surface area contributed by atoms with Gasteiger partial charge in [-0.1, -0.05) is 20.8 Å². The normalized spacial score (nSPS) is 14.3. The molecule has 0 aromatic heterocycles. The SMILES string of the molecule is CC(C)(C)C(CCO)NS(=O)(=O)c1ccc(F)cc1F. The Balaban J connectivity index is 3.10. The minimum Gasteiger partial charge on any atom is -0.396 e. The molecule has 0 heterocycles. The number of aliphatic hydroxyl groups is 1. The zero-order valence-electron chi connectivity index (χ0n) is 11.7.